The highest BCUT2D eigenvalue weighted by Crippen LogP contribution is 2.33. The van der Waals surface area contributed by atoms with E-state index in [1.165, 1.54) is 44.9 Å². The van der Waals surface area contributed by atoms with Crippen LogP contribution in [0.4, 0.5) is 0 Å². The van der Waals surface area contributed by atoms with Gasteiger partial charge >= 0.3 is 0 Å². The van der Waals surface area contributed by atoms with E-state index in [9.17, 15) is 0 Å². The van der Waals surface area contributed by atoms with Crippen molar-refractivity contribution in [3.05, 3.63) is 0 Å². The van der Waals surface area contributed by atoms with Gasteiger partial charge in [-0.3, -0.25) is 0 Å². The number of ether oxygens (including phenoxy) is 4. The van der Waals surface area contributed by atoms with Gasteiger partial charge in [0, 0.05) is 13.2 Å². The lowest BCUT2D eigenvalue weighted by molar-refractivity contribution is 0.105. The van der Waals surface area contributed by atoms with Crippen LogP contribution in [0.15, 0.2) is 0 Å². The monoisotopic (exact) mass is 314 g/mol. The average molecular weight is 314 g/mol. The Morgan fingerprint density at radius 2 is 1.32 bits per heavy atom. The summed E-state index contributed by atoms with van der Waals surface area (Å²) in [4.78, 5) is 0. The average Bonchev–Trinajstić information content (AvgIpc) is 3.40. The van der Waals surface area contributed by atoms with Crippen LogP contribution >= 0.6 is 0 Å². The third-order valence-electron chi connectivity index (χ3n) is 4.90. The van der Waals surface area contributed by atoms with E-state index in [0.717, 1.165) is 39.6 Å². The molecule has 22 heavy (non-hydrogen) atoms. The molecule has 0 saturated carbocycles. The molecule has 0 N–H and O–H groups in total. The fourth-order valence-electron chi connectivity index (χ4n) is 2.75. The van der Waals surface area contributed by atoms with Gasteiger partial charge in [-0.2, -0.15) is 0 Å². The van der Waals surface area contributed by atoms with E-state index in [-0.39, 0.29) is 0 Å². The lowest BCUT2D eigenvalue weighted by Gasteiger charge is -2.28. The van der Waals surface area contributed by atoms with Gasteiger partial charge in [-0.25, -0.2) is 0 Å². The Labute approximate surface area is 135 Å². The van der Waals surface area contributed by atoms with Crippen molar-refractivity contribution >= 4 is 0 Å². The zero-order chi connectivity index (χ0) is 15.7. The molecule has 0 amide bonds. The lowest BCUT2D eigenvalue weighted by Crippen LogP contribution is -2.16. The Hall–Kier alpha value is -0.160. The molecule has 2 fully saturated rings. The molecule has 0 bridgehead atoms. The SMILES string of the molecule is CCC(C)(CCCCOCC1CO1)CCCCOCC1CO1. The summed E-state index contributed by atoms with van der Waals surface area (Å²) in [6.07, 6.45) is 9.56. The molecule has 0 radical (unpaired) electrons. The van der Waals surface area contributed by atoms with Gasteiger partial charge in [0.15, 0.2) is 0 Å². The zero-order valence-corrected chi connectivity index (χ0v) is 14.5. The first-order chi connectivity index (χ1) is 10.7. The molecule has 4 heteroatoms. The maximum Gasteiger partial charge on any atom is 0.104 e. The van der Waals surface area contributed by atoms with Crippen molar-refractivity contribution in [3.63, 3.8) is 0 Å². The first-order valence-corrected chi connectivity index (χ1v) is 9.10. The van der Waals surface area contributed by atoms with Gasteiger partial charge in [0.25, 0.3) is 0 Å². The number of hydrogen-bond donors (Lipinski definition) is 0. The number of rotatable bonds is 15. The molecule has 2 saturated heterocycles. The van der Waals surface area contributed by atoms with Crippen molar-refractivity contribution < 1.29 is 18.9 Å². The number of epoxide rings is 2. The summed E-state index contributed by atoms with van der Waals surface area (Å²) in [7, 11) is 0. The van der Waals surface area contributed by atoms with Crippen molar-refractivity contribution in [2.75, 3.05) is 39.6 Å². The van der Waals surface area contributed by atoms with E-state index in [1.807, 2.05) is 0 Å². The Morgan fingerprint density at radius 3 is 1.68 bits per heavy atom. The molecular weight excluding hydrogens is 280 g/mol. The molecule has 0 spiro atoms. The minimum Gasteiger partial charge on any atom is -0.379 e. The molecule has 2 aliphatic rings. The number of hydrogen-bond acceptors (Lipinski definition) is 4. The molecule has 2 rings (SSSR count). The summed E-state index contributed by atoms with van der Waals surface area (Å²) in [5, 5.41) is 0. The minimum absolute atomic E-state index is 0.398. The molecule has 0 aromatic carbocycles. The second-order valence-electron chi connectivity index (χ2n) is 7.14. The fraction of sp³-hybridized carbons (Fsp3) is 1.00. The Morgan fingerprint density at radius 1 is 0.864 bits per heavy atom. The zero-order valence-electron chi connectivity index (χ0n) is 14.5. The normalized spacial score (nSPS) is 25.9. The molecule has 0 aromatic rings. The fourth-order valence-corrected chi connectivity index (χ4v) is 2.75. The third-order valence-corrected chi connectivity index (χ3v) is 4.90. The maximum absolute atomic E-state index is 5.60. The van der Waals surface area contributed by atoms with Crippen LogP contribution in [0.2, 0.25) is 0 Å². The summed E-state index contributed by atoms with van der Waals surface area (Å²) in [5.74, 6) is 0. The van der Waals surface area contributed by atoms with E-state index in [2.05, 4.69) is 13.8 Å². The van der Waals surface area contributed by atoms with Gasteiger partial charge in [0.2, 0.25) is 0 Å². The van der Waals surface area contributed by atoms with Crippen molar-refractivity contribution in [2.24, 2.45) is 5.41 Å². The smallest absolute Gasteiger partial charge is 0.104 e. The second-order valence-corrected chi connectivity index (χ2v) is 7.14. The van der Waals surface area contributed by atoms with Gasteiger partial charge in [-0.15, -0.1) is 0 Å². The predicted molar refractivity (Wildman–Crippen MR) is 87.2 cm³/mol. The standard InChI is InChI=1S/C18H34O4/c1-3-18(2,8-4-6-10-19-12-16-14-21-16)9-5-7-11-20-13-17-15-22-17/h16-17H,3-15H2,1-2H3. The number of unbranched alkanes of at least 4 members (excludes halogenated alkanes) is 2. The van der Waals surface area contributed by atoms with Crippen LogP contribution in [-0.2, 0) is 18.9 Å². The van der Waals surface area contributed by atoms with Gasteiger partial charge in [0.05, 0.1) is 26.4 Å². The molecule has 4 nitrogen and oxygen atoms in total. The first-order valence-electron chi connectivity index (χ1n) is 9.10. The molecule has 2 heterocycles. The van der Waals surface area contributed by atoms with Crippen molar-refractivity contribution in [1.82, 2.24) is 0 Å². The lowest BCUT2D eigenvalue weighted by atomic mass is 9.78. The van der Waals surface area contributed by atoms with E-state index >= 15 is 0 Å². The molecule has 0 aromatic heterocycles. The molecule has 2 aliphatic heterocycles. The first kappa shape index (κ1) is 18.2. The van der Waals surface area contributed by atoms with Crippen LogP contribution in [0.25, 0.3) is 0 Å². The highest BCUT2D eigenvalue weighted by atomic mass is 16.6. The Kier molecular flexibility index (Phi) is 8.15. The highest BCUT2D eigenvalue weighted by Gasteiger charge is 2.23. The van der Waals surface area contributed by atoms with Gasteiger partial charge < -0.3 is 18.9 Å². The van der Waals surface area contributed by atoms with Crippen molar-refractivity contribution in [2.45, 2.75) is 71.0 Å². The third kappa shape index (κ3) is 8.47. The van der Waals surface area contributed by atoms with Crippen molar-refractivity contribution in [1.29, 1.82) is 0 Å². The van der Waals surface area contributed by atoms with Gasteiger partial charge in [-0.1, -0.05) is 33.1 Å². The molecule has 2 unspecified atom stereocenters. The van der Waals surface area contributed by atoms with Crippen molar-refractivity contribution in [3.8, 4) is 0 Å². The quantitative estimate of drug-likeness (QED) is 0.342. The van der Waals surface area contributed by atoms with Crippen LogP contribution in [0.5, 0.6) is 0 Å². The largest absolute Gasteiger partial charge is 0.379 e. The summed E-state index contributed by atoms with van der Waals surface area (Å²) in [6.45, 7) is 9.89. The summed E-state index contributed by atoms with van der Waals surface area (Å²) < 4.78 is 21.5. The van der Waals surface area contributed by atoms with E-state index in [4.69, 9.17) is 18.9 Å². The second kappa shape index (κ2) is 9.86. The maximum atomic E-state index is 5.60. The van der Waals surface area contributed by atoms with Gasteiger partial charge in [-0.05, 0) is 31.1 Å². The van der Waals surface area contributed by atoms with Crippen LogP contribution in [0, 0.1) is 5.41 Å². The Balaban J connectivity index is 1.41. The highest BCUT2D eigenvalue weighted by molar-refractivity contribution is 4.73. The summed E-state index contributed by atoms with van der Waals surface area (Å²) in [6, 6.07) is 0. The topological polar surface area (TPSA) is 43.5 Å². The van der Waals surface area contributed by atoms with E-state index in [0.29, 0.717) is 17.6 Å². The van der Waals surface area contributed by atoms with Crippen LogP contribution in [0.3, 0.4) is 0 Å². The molecular formula is C18H34O4. The van der Waals surface area contributed by atoms with E-state index in [1.54, 1.807) is 0 Å². The molecule has 2 atom stereocenters. The Bertz CT molecular complexity index is 263. The van der Waals surface area contributed by atoms with Gasteiger partial charge in [0.1, 0.15) is 12.2 Å². The summed E-state index contributed by atoms with van der Waals surface area (Å²) in [5.41, 5.74) is 0.485. The molecule has 0 aliphatic carbocycles. The van der Waals surface area contributed by atoms with Crippen LogP contribution < -0.4 is 0 Å². The summed E-state index contributed by atoms with van der Waals surface area (Å²) >= 11 is 0. The van der Waals surface area contributed by atoms with E-state index < -0.39 is 0 Å². The van der Waals surface area contributed by atoms with Crippen LogP contribution in [-0.4, -0.2) is 51.8 Å². The molecule has 130 valence electrons. The van der Waals surface area contributed by atoms with Crippen LogP contribution in [0.1, 0.15) is 58.8 Å². The predicted octanol–water partition coefficient (Wildman–Crippen LogP) is 3.57. The minimum atomic E-state index is 0.398.